The van der Waals surface area contributed by atoms with Crippen molar-refractivity contribution in [3.05, 3.63) is 51.9 Å². The van der Waals surface area contributed by atoms with Gasteiger partial charge in [0.2, 0.25) is 0 Å². The van der Waals surface area contributed by atoms with Crippen molar-refractivity contribution in [3.8, 4) is 11.4 Å². The normalized spacial score (nSPS) is 13.0. The molecule has 2 N–H and O–H groups in total. The zero-order valence-corrected chi connectivity index (χ0v) is 13.9. The Labute approximate surface area is 143 Å². The number of fused-ring (bicyclic) bond motifs is 1. The van der Waals surface area contributed by atoms with Crippen LogP contribution >= 0.6 is 11.3 Å². The molecule has 3 heterocycles. The lowest BCUT2D eigenvalue weighted by Crippen LogP contribution is -2.07. The molecule has 24 heavy (non-hydrogen) atoms. The highest BCUT2D eigenvalue weighted by atomic mass is 32.1. The van der Waals surface area contributed by atoms with Crippen molar-refractivity contribution in [1.29, 1.82) is 0 Å². The minimum Gasteiger partial charge on any atom is -0.390 e. The number of rotatable bonds is 5. The summed E-state index contributed by atoms with van der Waals surface area (Å²) in [6.07, 6.45) is 6.63. The van der Waals surface area contributed by atoms with Gasteiger partial charge in [0.25, 0.3) is 0 Å². The molecule has 0 radical (unpaired) electrons. The number of nitrogens with zero attached hydrogens (tertiary/aromatic N) is 4. The number of aromatic nitrogens is 4. The number of pyridine rings is 1. The molecule has 0 atom stereocenters. The monoisotopic (exact) mass is 339 g/mol. The molecule has 0 bridgehead atoms. The molecule has 0 fully saturated rings. The van der Waals surface area contributed by atoms with Gasteiger partial charge in [-0.3, -0.25) is 4.98 Å². The van der Waals surface area contributed by atoms with E-state index in [2.05, 4.69) is 15.3 Å². The van der Waals surface area contributed by atoms with Crippen LogP contribution in [0, 0.1) is 0 Å². The average Bonchev–Trinajstić information content (AvgIpc) is 3.29. The van der Waals surface area contributed by atoms with Crippen LogP contribution in [0.4, 0.5) is 5.82 Å². The second kappa shape index (κ2) is 6.62. The lowest BCUT2D eigenvalue weighted by atomic mass is 10.2. The number of aryl methyl sites for hydroxylation is 1. The number of aliphatic hydroxyl groups excluding tert-OH is 1. The van der Waals surface area contributed by atoms with E-state index < -0.39 is 0 Å². The summed E-state index contributed by atoms with van der Waals surface area (Å²) >= 11 is 1.54. The molecule has 6 nitrogen and oxygen atoms in total. The molecule has 0 amide bonds. The van der Waals surface area contributed by atoms with Gasteiger partial charge in [-0.25, -0.2) is 15.0 Å². The maximum Gasteiger partial charge on any atom is 0.161 e. The Morgan fingerprint density at radius 1 is 1.12 bits per heavy atom. The average molecular weight is 339 g/mol. The van der Waals surface area contributed by atoms with Crippen LogP contribution in [0.5, 0.6) is 0 Å². The van der Waals surface area contributed by atoms with E-state index in [4.69, 9.17) is 15.1 Å². The van der Waals surface area contributed by atoms with E-state index in [9.17, 15) is 0 Å². The van der Waals surface area contributed by atoms with Crippen molar-refractivity contribution in [3.63, 3.8) is 0 Å². The van der Waals surface area contributed by atoms with E-state index in [0.29, 0.717) is 12.2 Å². The van der Waals surface area contributed by atoms with Crippen molar-refractivity contribution < 1.29 is 5.11 Å². The van der Waals surface area contributed by atoms with E-state index in [-0.39, 0.29) is 6.61 Å². The lowest BCUT2D eigenvalue weighted by molar-refractivity contribution is 0.277. The molecule has 0 aromatic carbocycles. The van der Waals surface area contributed by atoms with Crippen molar-refractivity contribution >= 4 is 17.2 Å². The standard InChI is InChI=1S/C17H17N5OS/c23-9-12-10-24-15(20-12)8-19-17-13-2-1-3-14(13)21-16(22-17)11-4-6-18-7-5-11/h4-7,10,23H,1-3,8-9H2,(H,19,21,22). The van der Waals surface area contributed by atoms with Gasteiger partial charge in [0.1, 0.15) is 10.8 Å². The molecule has 7 heteroatoms. The van der Waals surface area contributed by atoms with Crippen molar-refractivity contribution in [2.45, 2.75) is 32.4 Å². The van der Waals surface area contributed by atoms with E-state index in [0.717, 1.165) is 47.2 Å². The number of hydrogen-bond acceptors (Lipinski definition) is 7. The summed E-state index contributed by atoms with van der Waals surface area (Å²) in [6, 6.07) is 3.85. The van der Waals surface area contributed by atoms with E-state index >= 15 is 0 Å². The highest BCUT2D eigenvalue weighted by Gasteiger charge is 2.20. The molecule has 1 aliphatic carbocycles. The van der Waals surface area contributed by atoms with Gasteiger partial charge >= 0.3 is 0 Å². The fraction of sp³-hybridized carbons (Fsp3) is 0.294. The maximum atomic E-state index is 9.12. The van der Waals surface area contributed by atoms with Crippen molar-refractivity contribution in [2.24, 2.45) is 0 Å². The van der Waals surface area contributed by atoms with Crippen molar-refractivity contribution in [2.75, 3.05) is 5.32 Å². The lowest BCUT2D eigenvalue weighted by Gasteiger charge is -2.11. The van der Waals surface area contributed by atoms with Gasteiger partial charge in [0, 0.05) is 34.6 Å². The van der Waals surface area contributed by atoms with Gasteiger partial charge in [-0.15, -0.1) is 11.3 Å². The Hall–Kier alpha value is -2.38. The van der Waals surface area contributed by atoms with Crippen LogP contribution in [0.25, 0.3) is 11.4 Å². The third-order valence-electron chi connectivity index (χ3n) is 4.04. The topological polar surface area (TPSA) is 83.8 Å². The molecule has 3 aromatic rings. The van der Waals surface area contributed by atoms with E-state index in [1.807, 2.05) is 17.5 Å². The molecule has 3 aromatic heterocycles. The van der Waals surface area contributed by atoms with Crippen LogP contribution in [0.2, 0.25) is 0 Å². The summed E-state index contributed by atoms with van der Waals surface area (Å²) in [5.41, 5.74) is 4.03. The van der Waals surface area contributed by atoms with Crippen molar-refractivity contribution in [1.82, 2.24) is 19.9 Å². The Kier molecular flexibility index (Phi) is 4.18. The molecule has 0 spiro atoms. The molecular formula is C17H17N5OS. The first-order valence-corrected chi connectivity index (χ1v) is 8.79. The van der Waals surface area contributed by atoms with Crippen LogP contribution in [0.15, 0.2) is 29.9 Å². The fourth-order valence-corrected chi connectivity index (χ4v) is 3.60. The fourth-order valence-electron chi connectivity index (χ4n) is 2.87. The molecule has 122 valence electrons. The molecule has 0 aliphatic heterocycles. The SMILES string of the molecule is OCc1csc(CNc2nc(-c3ccncc3)nc3c2CCC3)n1. The van der Waals surface area contributed by atoms with Crippen LogP contribution in [0.3, 0.4) is 0 Å². The van der Waals surface area contributed by atoms with Gasteiger partial charge in [-0.2, -0.15) is 0 Å². The quantitative estimate of drug-likeness (QED) is 0.743. The van der Waals surface area contributed by atoms with E-state index in [1.54, 1.807) is 23.7 Å². The second-order valence-corrected chi connectivity index (χ2v) is 6.60. The second-order valence-electron chi connectivity index (χ2n) is 5.65. The van der Waals surface area contributed by atoms with Gasteiger partial charge in [-0.1, -0.05) is 0 Å². The molecule has 1 aliphatic rings. The van der Waals surface area contributed by atoms with Crippen LogP contribution in [-0.2, 0) is 26.0 Å². The summed E-state index contributed by atoms with van der Waals surface area (Å²) in [6.45, 7) is 0.579. The molecule has 0 saturated carbocycles. The number of anilines is 1. The Morgan fingerprint density at radius 3 is 2.79 bits per heavy atom. The molecular weight excluding hydrogens is 322 g/mol. The third kappa shape index (κ3) is 3.00. The molecule has 0 unspecified atom stereocenters. The summed E-state index contributed by atoms with van der Waals surface area (Å²) in [4.78, 5) is 17.9. The first-order chi connectivity index (χ1) is 11.8. The maximum absolute atomic E-state index is 9.12. The number of nitrogens with one attached hydrogen (secondary N) is 1. The van der Waals surface area contributed by atoms with Crippen LogP contribution in [0.1, 0.15) is 28.4 Å². The zero-order chi connectivity index (χ0) is 16.4. The summed E-state index contributed by atoms with van der Waals surface area (Å²) in [5, 5.41) is 15.4. The number of hydrogen-bond donors (Lipinski definition) is 2. The predicted octanol–water partition coefficient (Wildman–Crippen LogP) is 2.59. The molecule has 4 rings (SSSR count). The first kappa shape index (κ1) is 15.2. The number of thiazole rings is 1. The zero-order valence-electron chi connectivity index (χ0n) is 13.1. The highest BCUT2D eigenvalue weighted by molar-refractivity contribution is 7.09. The minimum absolute atomic E-state index is 0.0222. The largest absolute Gasteiger partial charge is 0.390 e. The van der Waals surface area contributed by atoms with E-state index in [1.165, 1.54) is 5.56 Å². The Balaban J connectivity index is 1.63. The predicted molar refractivity (Wildman–Crippen MR) is 92.7 cm³/mol. The van der Waals surface area contributed by atoms with Crippen LogP contribution < -0.4 is 5.32 Å². The Morgan fingerprint density at radius 2 is 2.00 bits per heavy atom. The van der Waals surface area contributed by atoms with Gasteiger partial charge in [0.15, 0.2) is 5.82 Å². The smallest absolute Gasteiger partial charge is 0.161 e. The first-order valence-electron chi connectivity index (χ1n) is 7.91. The van der Waals surface area contributed by atoms with Gasteiger partial charge < -0.3 is 10.4 Å². The van der Waals surface area contributed by atoms with Crippen LogP contribution in [-0.4, -0.2) is 25.0 Å². The summed E-state index contributed by atoms with van der Waals surface area (Å²) in [5.74, 6) is 1.63. The van der Waals surface area contributed by atoms with Gasteiger partial charge in [-0.05, 0) is 31.4 Å². The number of aliphatic hydroxyl groups is 1. The third-order valence-corrected chi connectivity index (χ3v) is 4.94. The summed E-state index contributed by atoms with van der Waals surface area (Å²) < 4.78 is 0. The molecule has 0 saturated heterocycles. The summed E-state index contributed by atoms with van der Waals surface area (Å²) in [7, 11) is 0. The highest BCUT2D eigenvalue weighted by Crippen LogP contribution is 2.29. The minimum atomic E-state index is -0.0222. The Bertz CT molecular complexity index is 849. The van der Waals surface area contributed by atoms with Gasteiger partial charge in [0.05, 0.1) is 18.8 Å².